The fraction of sp³-hybridized carbons (Fsp3) is 0.545. The molecule has 0 saturated heterocycles. The number of carboxylic acids is 1. The first-order valence-electron chi connectivity index (χ1n) is 5.56. The SMILES string of the molecule is CCN(CCC(=O)O)C(=O)c1sc(=O)n(C)c1C. The number of amides is 1. The summed E-state index contributed by atoms with van der Waals surface area (Å²) in [7, 11) is 1.61. The Morgan fingerprint density at radius 3 is 2.44 bits per heavy atom. The van der Waals surface area contributed by atoms with Gasteiger partial charge in [-0.3, -0.25) is 14.4 Å². The molecule has 0 spiro atoms. The van der Waals surface area contributed by atoms with Crippen LogP contribution in [0, 0.1) is 6.92 Å². The molecule has 0 aliphatic carbocycles. The van der Waals surface area contributed by atoms with Crippen LogP contribution in [0.15, 0.2) is 4.79 Å². The highest BCUT2D eigenvalue weighted by Gasteiger charge is 2.21. The van der Waals surface area contributed by atoms with Gasteiger partial charge in [-0.1, -0.05) is 11.3 Å². The van der Waals surface area contributed by atoms with E-state index in [0.29, 0.717) is 17.1 Å². The Labute approximate surface area is 108 Å². The number of hydrogen-bond donors (Lipinski definition) is 1. The third-order valence-corrected chi connectivity index (χ3v) is 3.88. The van der Waals surface area contributed by atoms with Gasteiger partial charge >= 0.3 is 10.8 Å². The summed E-state index contributed by atoms with van der Waals surface area (Å²) in [5, 5.41) is 8.62. The minimum Gasteiger partial charge on any atom is -0.481 e. The molecule has 0 radical (unpaired) electrons. The number of aromatic nitrogens is 1. The van der Waals surface area contributed by atoms with Crippen LogP contribution in [-0.2, 0) is 11.8 Å². The fourth-order valence-electron chi connectivity index (χ4n) is 1.49. The maximum Gasteiger partial charge on any atom is 0.307 e. The van der Waals surface area contributed by atoms with Crippen molar-refractivity contribution >= 4 is 23.2 Å². The summed E-state index contributed by atoms with van der Waals surface area (Å²) in [5.74, 6) is -1.22. The zero-order valence-electron chi connectivity index (χ0n) is 10.6. The van der Waals surface area contributed by atoms with E-state index >= 15 is 0 Å². The van der Waals surface area contributed by atoms with Crippen molar-refractivity contribution in [1.29, 1.82) is 0 Å². The molecule has 1 heterocycles. The first-order valence-corrected chi connectivity index (χ1v) is 6.37. The number of aliphatic carboxylic acids is 1. The summed E-state index contributed by atoms with van der Waals surface area (Å²) in [5.41, 5.74) is 0.615. The highest BCUT2D eigenvalue weighted by molar-refractivity contribution is 7.11. The number of nitrogens with zero attached hydrogens (tertiary/aromatic N) is 2. The van der Waals surface area contributed by atoms with Gasteiger partial charge in [0.2, 0.25) is 0 Å². The zero-order valence-corrected chi connectivity index (χ0v) is 11.4. The van der Waals surface area contributed by atoms with E-state index in [0.717, 1.165) is 11.3 Å². The molecule has 0 aliphatic heterocycles. The van der Waals surface area contributed by atoms with Crippen molar-refractivity contribution in [3.63, 3.8) is 0 Å². The number of rotatable bonds is 5. The van der Waals surface area contributed by atoms with Crippen LogP contribution < -0.4 is 4.87 Å². The molecule has 0 aliphatic rings. The second-order valence-corrected chi connectivity index (χ2v) is 4.83. The number of thiazole rings is 1. The van der Waals surface area contributed by atoms with Gasteiger partial charge in [0.05, 0.1) is 6.42 Å². The molecule has 0 aromatic carbocycles. The summed E-state index contributed by atoms with van der Waals surface area (Å²) in [6.45, 7) is 4.05. The summed E-state index contributed by atoms with van der Waals surface area (Å²) < 4.78 is 1.42. The van der Waals surface area contributed by atoms with Gasteiger partial charge < -0.3 is 14.6 Å². The summed E-state index contributed by atoms with van der Waals surface area (Å²) in [4.78, 5) is 35.8. The van der Waals surface area contributed by atoms with Gasteiger partial charge in [-0.15, -0.1) is 0 Å². The lowest BCUT2D eigenvalue weighted by atomic mass is 10.3. The van der Waals surface area contributed by atoms with Crippen molar-refractivity contribution in [3.8, 4) is 0 Å². The van der Waals surface area contributed by atoms with Crippen molar-refractivity contribution in [2.24, 2.45) is 7.05 Å². The average molecular weight is 272 g/mol. The van der Waals surface area contributed by atoms with Crippen LogP contribution in [0.25, 0.3) is 0 Å². The van der Waals surface area contributed by atoms with Crippen LogP contribution in [0.3, 0.4) is 0 Å². The first-order chi connectivity index (χ1) is 8.38. The summed E-state index contributed by atoms with van der Waals surface area (Å²) >= 11 is 0.896. The molecule has 18 heavy (non-hydrogen) atoms. The van der Waals surface area contributed by atoms with Crippen LogP contribution in [0.1, 0.15) is 28.7 Å². The average Bonchev–Trinajstić information content (AvgIpc) is 2.57. The standard InChI is InChI=1S/C11H16N2O4S/c1-4-13(6-5-8(14)15)10(16)9-7(2)12(3)11(17)18-9/h4-6H2,1-3H3,(H,14,15). The second kappa shape index (κ2) is 5.81. The molecule has 0 saturated carbocycles. The van der Waals surface area contributed by atoms with E-state index < -0.39 is 5.97 Å². The van der Waals surface area contributed by atoms with Gasteiger partial charge in [-0.05, 0) is 13.8 Å². The molecule has 0 atom stereocenters. The third-order valence-electron chi connectivity index (χ3n) is 2.75. The summed E-state index contributed by atoms with van der Waals surface area (Å²) in [6.07, 6.45) is -0.0969. The maximum absolute atomic E-state index is 12.2. The Hall–Kier alpha value is -1.63. The van der Waals surface area contributed by atoms with Gasteiger partial charge in [0.1, 0.15) is 4.88 Å². The molecular weight excluding hydrogens is 256 g/mol. The Bertz CT molecular complexity index is 518. The van der Waals surface area contributed by atoms with Crippen molar-refractivity contribution in [3.05, 3.63) is 20.2 Å². The first kappa shape index (κ1) is 14.4. The monoisotopic (exact) mass is 272 g/mol. The number of carbonyl (C=O) groups excluding carboxylic acids is 1. The molecule has 0 unspecified atom stereocenters. The largest absolute Gasteiger partial charge is 0.481 e. The van der Waals surface area contributed by atoms with Crippen molar-refractivity contribution in [1.82, 2.24) is 9.47 Å². The van der Waals surface area contributed by atoms with Crippen LogP contribution in [-0.4, -0.2) is 39.5 Å². The Morgan fingerprint density at radius 2 is 2.06 bits per heavy atom. The van der Waals surface area contributed by atoms with E-state index in [2.05, 4.69) is 0 Å². The molecule has 1 aromatic heterocycles. The minimum absolute atomic E-state index is 0.0969. The lowest BCUT2D eigenvalue weighted by Gasteiger charge is -2.19. The fourth-order valence-corrected chi connectivity index (χ4v) is 2.44. The number of carbonyl (C=O) groups is 2. The van der Waals surface area contributed by atoms with E-state index in [1.165, 1.54) is 9.47 Å². The molecule has 1 aromatic rings. The van der Waals surface area contributed by atoms with E-state index in [-0.39, 0.29) is 23.7 Å². The molecule has 100 valence electrons. The Balaban J connectivity index is 2.93. The van der Waals surface area contributed by atoms with Gasteiger partial charge in [0.25, 0.3) is 5.91 Å². The predicted molar refractivity (Wildman–Crippen MR) is 68.1 cm³/mol. The molecule has 1 amide bonds. The van der Waals surface area contributed by atoms with Gasteiger partial charge in [0.15, 0.2) is 0 Å². The Morgan fingerprint density at radius 1 is 1.44 bits per heavy atom. The lowest BCUT2D eigenvalue weighted by molar-refractivity contribution is -0.137. The highest BCUT2D eigenvalue weighted by atomic mass is 32.1. The topological polar surface area (TPSA) is 79.6 Å². The van der Waals surface area contributed by atoms with Crippen molar-refractivity contribution in [2.75, 3.05) is 13.1 Å². The van der Waals surface area contributed by atoms with Gasteiger partial charge in [-0.2, -0.15) is 0 Å². The molecule has 0 fully saturated rings. The smallest absolute Gasteiger partial charge is 0.307 e. The van der Waals surface area contributed by atoms with Gasteiger partial charge in [0, 0.05) is 25.8 Å². The van der Waals surface area contributed by atoms with Crippen molar-refractivity contribution < 1.29 is 14.7 Å². The van der Waals surface area contributed by atoms with E-state index in [1.807, 2.05) is 0 Å². The molecule has 1 rings (SSSR count). The maximum atomic E-state index is 12.2. The second-order valence-electron chi connectivity index (χ2n) is 3.87. The summed E-state index contributed by atoms with van der Waals surface area (Å²) in [6, 6.07) is 0. The lowest BCUT2D eigenvalue weighted by Crippen LogP contribution is -2.32. The Kier molecular flexibility index (Phi) is 4.66. The van der Waals surface area contributed by atoms with Crippen LogP contribution in [0.2, 0.25) is 0 Å². The quantitative estimate of drug-likeness (QED) is 0.855. The van der Waals surface area contributed by atoms with Gasteiger partial charge in [-0.25, -0.2) is 0 Å². The minimum atomic E-state index is -0.945. The number of hydrogen-bond acceptors (Lipinski definition) is 4. The number of carboxylic acid groups (broad SMARTS) is 1. The molecular formula is C11H16N2O4S. The zero-order chi connectivity index (χ0) is 13.9. The highest BCUT2D eigenvalue weighted by Crippen LogP contribution is 2.14. The molecule has 1 N–H and O–H groups in total. The molecule has 6 nitrogen and oxygen atoms in total. The van der Waals surface area contributed by atoms with E-state index in [1.54, 1.807) is 20.9 Å². The molecule has 0 bridgehead atoms. The predicted octanol–water partition coefficient (Wildman–Crippen LogP) is 0.692. The normalized spacial score (nSPS) is 10.4. The van der Waals surface area contributed by atoms with Crippen LogP contribution >= 0.6 is 11.3 Å². The van der Waals surface area contributed by atoms with E-state index in [4.69, 9.17) is 5.11 Å². The van der Waals surface area contributed by atoms with E-state index in [9.17, 15) is 14.4 Å². The van der Waals surface area contributed by atoms with Crippen LogP contribution in [0.5, 0.6) is 0 Å². The molecule has 7 heteroatoms. The third kappa shape index (κ3) is 2.98. The van der Waals surface area contributed by atoms with Crippen molar-refractivity contribution in [2.45, 2.75) is 20.3 Å². The van der Waals surface area contributed by atoms with Crippen LogP contribution in [0.4, 0.5) is 0 Å².